The van der Waals surface area contributed by atoms with Gasteiger partial charge in [-0.25, -0.2) is 4.79 Å². The third-order valence-corrected chi connectivity index (χ3v) is 9.17. The number of rotatable bonds is 7. The summed E-state index contributed by atoms with van der Waals surface area (Å²) in [5.74, 6) is -0.167. The van der Waals surface area contributed by atoms with Crippen molar-refractivity contribution in [2.45, 2.75) is 44.5 Å². The van der Waals surface area contributed by atoms with E-state index in [-0.39, 0.29) is 24.0 Å². The Morgan fingerprint density at radius 3 is 2.73 bits per heavy atom. The van der Waals surface area contributed by atoms with E-state index in [1.807, 2.05) is 54.3 Å². The molecule has 1 aromatic carbocycles. The van der Waals surface area contributed by atoms with Crippen molar-refractivity contribution >= 4 is 34.4 Å². The van der Waals surface area contributed by atoms with Crippen molar-refractivity contribution in [2.24, 2.45) is 0 Å². The van der Waals surface area contributed by atoms with Crippen LogP contribution in [0.1, 0.15) is 32.3 Å². The van der Waals surface area contributed by atoms with Crippen LogP contribution in [0.4, 0.5) is 4.79 Å². The molecule has 1 unspecified atom stereocenters. The zero-order valence-electron chi connectivity index (χ0n) is 25.5. The maximum absolute atomic E-state index is 14.1. The molecule has 6 rings (SSSR count). The third-order valence-electron chi connectivity index (χ3n) is 8.86. The summed E-state index contributed by atoms with van der Waals surface area (Å²) in [5.41, 5.74) is 1.74. The first-order chi connectivity index (χ1) is 21.3. The van der Waals surface area contributed by atoms with Gasteiger partial charge in [0.1, 0.15) is 5.70 Å². The van der Waals surface area contributed by atoms with Crippen molar-refractivity contribution in [1.29, 1.82) is 0 Å². The monoisotopic (exact) mass is 617 g/mol. The molecule has 232 valence electrons. The molecule has 2 aromatic heterocycles. The Morgan fingerprint density at radius 1 is 1.14 bits per heavy atom. The molecule has 3 atom stereocenters. The molecule has 0 bridgehead atoms. The Kier molecular flexibility index (Phi) is 8.66. The number of carbonyl (C=O) groups excluding carboxylic acids is 2. The molecule has 2 amide bonds. The molecule has 0 aliphatic carbocycles. The molecule has 3 aliphatic rings. The minimum absolute atomic E-state index is 0.00940. The van der Waals surface area contributed by atoms with Gasteiger partial charge in [-0.15, -0.1) is 0 Å². The van der Waals surface area contributed by atoms with Gasteiger partial charge in [-0.05, 0) is 63.7 Å². The number of aromatic nitrogens is 2. The Balaban J connectivity index is 1.31. The van der Waals surface area contributed by atoms with Crippen LogP contribution in [0.15, 0.2) is 78.5 Å². The van der Waals surface area contributed by atoms with Crippen LogP contribution in [-0.4, -0.2) is 94.7 Å². The third kappa shape index (κ3) is 5.69. The molecular weight excluding hydrogens is 578 g/mol. The molecule has 3 aliphatic heterocycles. The fourth-order valence-electron chi connectivity index (χ4n) is 6.60. The van der Waals surface area contributed by atoms with Crippen molar-refractivity contribution in [3.63, 3.8) is 0 Å². The number of nitrogens with one attached hydrogen (secondary N) is 2. The second-order valence-corrected chi connectivity index (χ2v) is 12.1. The fraction of sp³-hybridized carbons (Fsp3) is 0.424. The Bertz CT molecular complexity index is 1590. The molecule has 0 saturated carbocycles. The summed E-state index contributed by atoms with van der Waals surface area (Å²) in [6, 6.07) is 11.3. The summed E-state index contributed by atoms with van der Waals surface area (Å²) >= 11 is 6.50. The number of benzene rings is 1. The van der Waals surface area contributed by atoms with E-state index in [1.54, 1.807) is 29.2 Å². The van der Waals surface area contributed by atoms with Crippen LogP contribution >= 0.6 is 11.6 Å². The fourth-order valence-corrected chi connectivity index (χ4v) is 6.87. The number of halogens is 1. The second-order valence-electron chi connectivity index (χ2n) is 11.7. The highest BCUT2D eigenvalue weighted by atomic mass is 35.5. The predicted octanol–water partition coefficient (Wildman–Crippen LogP) is 4.13. The van der Waals surface area contributed by atoms with Crippen molar-refractivity contribution in [3.05, 3.63) is 89.1 Å². The molecule has 44 heavy (non-hydrogen) atoms. The van der Waals surface area contributed by atoms with Crippen molar-refractivity contribution in [1.82, 2.24) is 34.9 Å². The molecule has 0 radical (unpaired) electrons. The minimum Gasteiger partial charge on any atom is -0.363 e. The summed E-state index contributed by atoms with van der Waals surface area (Å²) in [6.45, 7) is 7.80. The normalized spacial score (nSPS) is 24.2. The van der Waals surface area contributed by atoms with Gasteiger partial charge in [-0.1, -0.05) is 36.7 Å². The summed E-state index contributed by atoms with van der Waals surface area (Å²) in [7, 11) is 2.07. The first-order valence-electron chi connectivity index (χ1n) is 15.4. The summed E-state index contributed by atoms with van der Waals surface area (Å²) in [6.07, 6.45) is 10.9. The van der Waals surface area contributed by atoms with Gasteiger partial charge >= 0.3 is 6.03 Å². The van der Waals surface area contributed by atoms with E-state index in [2.05, 4.69) is 39.4 Å². The highest BCUT2D eigenvalue weighted by Crippen LogP contribution is 2.34. The SMILES string of the molecule is CCOC1(c2cccnc2)C=CC(N2CCN(C(=O)n3ccc4cccc(Cl)c43)C[C@H]2CC)=C(C(=O)N[C@@H]2CCN(C)C2)N1. The van der Waals surface area contributed by atoms with E-state index >= 15 is 0 Å². The lowest BCUT2D eigenvalue weighted by atomic mass is 9.97. The summed E-state index contributed by atoms with van der Waals surface area (Å²) in [5, 5.41) is 8.25. The zero-order chi connectivity index (χ0) is 30.8. The number of fused-ring (bicyclic) bond motifs is 1. The Hall–Kier alpha value is -3.86. The highest BCUT2D eigenvalue weighted by Gasteiger charge is 2.40. The summed E-state index contributed by atoms with van der Waals surface area (Å²) in [4.78, 5) is 38.5. The molecular formula is C33H40ClN7O3. The lowest BCUT2D eigenvalue weighted by molar-refractivity contribution is -0.120. The number of ether oxygens (including phenoxy) is 1. The quantitative estimate of drug-likeness (QED) is 0.412. The van der Waals surface area contributed by atoms with Crippen LogP contribution in [0.25, 0.3) is 10.9 Å². The number of likely N-dealkylation sites (tertiary alicyclic amines) is 1. The molecule has 2 N–H and O–H groups in total. The van der Waals surface area contributed by atoms with E-state index in [0.29, 0.717) is 37.0 Å². The number of carbonyl (C=O) groups is 2. The van der Waals surface area contributed by atoms with Gasteiger partial charge in [0.25, 0.3) is 5.91 Å². The number of pyridine rings is 1. The minimum atomic E-state index is -1.04. The maximum Gasteiger partial charge on any atom is 0.328 e. The van der Waals surface area contributed by atoms with Gasteiger partial charge in [0.05, 0.1) is 16.2 Å². The summed E-state index contributed by atoms with van der Waals surface area (Å²) < 4.78 is 7.94. The van der Waals surface area contributed by atoms with Crippen molar-refractivity contribution < 1.29 is 14.3 Å². The number of likely N-dealkylation sites (N-methyl/N-ethyl adjacent to an activating group) is 1. The smallest absolute Gasteiger partial charge is 0.328 e. The predicted molar refractivity (Wildman–Crippen MR) is 171 cm³/mol. The average molecular weight is 618 g/mol. The average Bonchev–Trinajstić information content (AvgIpc) is 3.67. The molecule has 11 heteroatoms. The second kappa shape index (κ2) is 12.6. The van der Waals surface area contributed by atoms with Gasteiger partial charge < -0.3 is 30.1 Å². The van der Waals surface area contributed by atoms with Crippen LogP contribution in [0.5, 0.6) is 0 Å². The number of allylic oxidation sites excluding steroid dienone is 1. The van der Waals surface area contributed by atoms with E-state index < -0.39 is 5.72 Å². The van der Waals surface area contributed by atoms with E-state index in [0.717, 1.165) is 48.1 Å². The maximum atomic E-state index is 14.1. The standard InChI is InChI=1S/C33H40ClN7O3/c1-4-26-22-39(32(43)41-17-12-23-8-6-10-27(34)30(23)41)18-19-40(26)28-11-14-33(44-5-2,24-9-7-15-35-20-24)37-29(28)31(42)36-25-13-16-38(3)21-25/h6-12,14-15,17,20,25-26,37H,4-5,13,16,18-19,21-22H2,1-3H3,(H,36,42)/t25-,26-,33?/m1/s1. The van der Waals surface area contributed by atoms with Gasteiger partial charge in [0.2, 0.25) is 0 Å². The van der Waals surface area contributed by atoms with Gasteiger partial charge in [0, 0.05) is 74.4 Å². The number of dihydropyridines is 1. The molecule has 5 heterocycles. The largest absolute Gasteiger partial charge is 0.363 e. The van der Waals surface area contributed by atoms with E-state index in [1.165, 1.54) is 0 Å². The first-order valence-corrected chi connectivity index (χ1v) is 15.8. The number of hydrogen-bond donors (Lipinski definition) is 2. The Labute approximate surface area is 263 Å². The van der Waals surface area contributed by atoms with Gasteiger partial charge in [-0.2, -0.15) is 0 Å². The number of para-hydroxylation sites is 1. The highest BCUT2D eigenvalue weighted by molar-refractivity contribution is 6.35. The van der Waals surface area contributed by atoms with Gasteiger partial charge in [-0.3, -0.25) is 14.3 Å². The van der Waals surface area contributed by atoms with Crippen LogP contribution in [0.2, 0.25) is 5.02 Å². The molecule has 2 fully saturated rings. The van der Waals surface area contributed by atoms with E-state index in [4.69, 9.17) is 16.3 Å². The van der Waals surface area contributed by atoms with Crippen LogP contribution in [0, 0.1) is 0 Å². The molecule has 2 saturated heterocycles. The molecule has 3 aromatic rings. The van der Waals surface area contributed by atoms with Crippen LogP contribution < -0.4 is 10.6 Å². The lowest BCUT2D eigenvalue weighted by Gasteiger charge is -2.45. The van der Waals surface area contributed by atoms with Crippen molar-refractivity contribution in [2.75, 3.05) is 46.4 Å². The number of hydrogen-bond acceptors (Lipinski definition) is 7. The lowest BCUT2D eigenvalue weighted by Crippen LogP contribution is -2.57. The zero-order valence-corrected chi connectivity index (χ0v) is 26.3. The number of nitrogens with zero attached hydrogens (tertiary/aromatic N) is 5. The Morgan fingerprint density at radius 2 is 2.00 bits per heavy atom. The molecule has 10 nitrogen and oxygen atoms in total. The van der Waals surface area contributed by atoms with E-state index in [9.17, 15) is 9.59 Å². The number of amides is 2. The van der Waals surface area contributed by atoms with Crippen molar-refractivity contribution in [3.8, 4) is 0 Å². The van der Waals surface area contributed by atoms with Crippen LogP contribution in [0.3, 0.4) is 0 Å². The van der Waals surface area contributed by atoms with Gasteiger partial charge in [0.15, 0.2) is 5.72 Å². The van der Waals surface area contributed by atoms with Crippen LogP contribution in [-0.2, 0) is 15.3 Å². The topological polar surface area (TPSA) is 95.0 Å². The number of piperazine rings is 1. The molecule has 0 spiro atoms. The first kappa shape index (κ1) is 30.2.